The number of hydrogen-bond donors (Lipinski definition) is 3. The van der Waals surface area contributed by atoms with Crippen molar-refractivity contribution in [3.05, 3.63) is 69.9 Å². The van der Waals surface area contributed by atoms with E-state index < -0.39 is 16.7 Å². The summed E-state index contributed by atoms with van der Waals surface area (Å²) in [5.74, 6) is -1.19. The first-order valence-electron chi connectivity index (χ1n) is 7.57. The quantitative estimate of drug-likeness (QED) is 0.375. The summed E-state index contributed by atoms with van der Waals surface area (Å²) in [5.41, 5.74) is 10.9. The number of aryl methyl sites for hydroxylation is 1. The lowest BCUT2D eigenvalue weighted by Gasteiger charge is -2.07. The molecule has 1 heterocycles. The van der Waals surface area contributed by atoms with Crippen LogP contribution in [0, 0.1) is 10.1 Å². The summed E-state index contributed by atoms with van der Waals surface area (Å²) in [6.07, 6.45) is 1.65. The maximum Gasteiger partial charge on any atom is 0.292 e. The van der Waals surface area contributed by atoms with E-state index in [1.54, 1.807) is 16.8 Å². The fourth-order valence-corrected chi connectivity index (χ4v) is 2.62. The highest BCUT2D eigenvalue weighted by atomic mass is 16.6. The van der Waals surface area contributed by atoms with Crippen molar-refractivity contribution in [2.45, 2.75) is 0 Å². The van der Waals surface area contributed by atoms with Crippen LogP contribution in [0.15, 0.2) is 48.7 Å². The van der Waals surface area contributed by atoms with Crippen molar-refractivity contribution in [3.8, 4) is 0 Å². The van der Waals surface area contributed by atoms with E-state index in [1.165, 1.54) is 12.1 Å². The smallest absolute Gasteiger partial charge is 0.292 e. The lowest BCUT2D eigenvalue weighted by molar-refractivity contribution is -0.383. The molecule has 0 spiro atoms. The van der Waals surface area contributed by atoms with Gasteiger partial charge in [0.05, 0.1) is 10.5 Å². The molecule has 0 fully saturated rings. The summed E-state index contributed by atoms with van der Waals surface area (Å²) in [7, 11) is 1.81. The molecule has 0 bridgehead atoms. The second-order valence-electron chi connectivity index (χ2n) is 5.61. The van der Waals surface area contributed by atoms with Crippen LogP contribution in [0.3, 0.4) is 0 Å². The maximum absolute atomic E-state index is 12.4. The number of nitrogens with one attached hydrogen (secondary N) is 2. The molecule has 4 N–H and O–H groups in total. The van der Waals surface area contributed by atoms with Crippen molar-refractivity contribution in [3.63, 3.8) is 0 Å². The second kappa shape index (κ2) is 6.55. The monoisotopic (exact) mass is 353 g/mol. The largest absolute Gasteiger partial charge is 0.393 e. The number of nitrogens with two attached hydrogens (primary N) is 1. The van der Waals surface area contributed by atoms with Crippen LogP contribution in [-0.4, -0.2) is 21.3 Å². The zero-order valence-electron chi connectivity index (χ0n) is 13.7. The van der Waals surface area contributed by atoms with E-state index >= 15 is 0 Å². The Morgan fingerprint density at radius 3 is 2.54 bits per heavy atom. The zero-order chi connectivity index (χ0) is 18.8. The van der Waals surface area contributed by atoms with E-state index in [0.29, 0.717) is 5.56 Å². The molecule has 2 aromatic carbocycles. The molecule has 3 aromatic rings. The molecule has 9 nitrogen and oxygen atoms in total. The number of hydrazine groups is 1. The number of rotatable bonds is 3. The van der Waals surface area contributed by atoms with Gasteiger partial charge in [-0.1, -0.05) is 18.2 Å². The van der Waals surface area contributed by atoms with Crippen molar-refractivity contribution < 1.29 is 14.5 Å². The minimum atomic E-state index is -0.693. The molecule has 9 heteroatoms. The predicted molar refractivity (Wildman–Crippen MR) is 95.4 cm³/mol. The number of nitro groups is 1. The Kier molecular flexibility index (Phi) is 4.27. The van der Waals surface area contributed by atoms with Gasteiger partial charge in [-0.05, 0) is 18.2 Å². The van der Waals surface area contributed by atoms with Crippen molar-refractivity contribution in [2.24, 2.45) is 7.05 Å². The number of nitro benzene ring substituents is 1. The van der Waals surface area contributed by atoms with Crippen molar-refractivity contribution in [2.75, 3.05) is 5.73 Å². The third kappa shape index (κ3) is 3.05. The van der Waals surface area contributed by atoms with Gasteiger partial charge in [0, 0.05) is 35.8 Å². The average molecular weight is 353 g/mol. The summed E-state index contributed by atoms with van der Waals surface area (Å²) in [4.78, 5) is 34.7. The Morgan fingerprint density at radius 1 is 1.12 bits per heavy atom. The van der Waals surface area contributed by atoms with Crippen molar-refractivity contribution in [1.82, 2.24) is 15.4 Å². The number of carbonyl (C=O) groups excluding carboxylic acids is 2. The Hall–Kier alpha value is -3.88. The van der Waals surface area contributed by atoms with Gasteiger partial charge in [-0.15, -0.1) is 0 Å². The van der Waals surface area contributed by atoms with Gasteiger partial charge in [0.2, 0.25) is 0 Å². The Balaban J connectivity index is 1.76. The first-order valence-corrected chi connectivity index (χ1v) is 7.57. The minimum absolute atomic E-state index is 0.00381. The van der Waals surface area contributed by atoms with Gasteiger partial charge in [0.15, 0.2) is 0 Å². The second-order valence-corrected chi connectivity index (χ2v) is 5.61. The Morgan fingerprint density at radius 2 is 1.81 bits per heavy atom. The molecule has 132 valence electrons. The van der Waals surface area contributed by atoms with Crippen LogP contribution in [-0.2, 0) is 7.05 Å². The number of hydrogen-bond acceptors (Lipinski definition) is 5. The maximum atomic E-state index is 12.4. The molecule has 0 aliphatic rings. The van der Waals surface area contributed by atoms with Gasteiger partial charge in [0.25, 0.3) is 17.5 Å². The fourth-order valence-electron chi connectivity index (χ4n) is 2.62. The molecule has 0 saturated carbocycles. The third-order valence-corrected chi connectivity index (χ3v) is 3.92. The molecule has 3 rings (SSSR count). The van der Waals surface area contributed by atoms with Gasteiger partial charge < -0.3 is 10.3 Å². The Labute approximate surface area is 147 Å². The van der Waals surface area contributed by atoms with Crippen LogP contribution in [0.25, 0.3) is 10.9 Å². The molecule has 0 unspecified atom stereocenters. The number of nitrogen functional groups attached to an aromatic ring is 1. The highest BCUT2D eigenvalue weighted by Crippen LogP contribution is 2.22. The number of nitrogens with zero attached hydrogens (tertiary/aromatic N) is 2. The van der Waals surface area contributed by atoms with E-state index in [4.69, 9.17) is 5.73 Å². The molecule has 1 aromatic heterocycles. The van der Waals surface area contributed by atoms with Gasteiger partial charge in [-0.3, -0.25) is 30.6 Å². The van der Waals surface area contributed by atoms with Gasteiger partial charge in [0.1, 0.15) is 5.69 Å². The van der Waals surface area contributed by atoms with E-state index in [9.17, 15) is 19.7 Å². The number of anilines is 1. The lowest BCUT2D eigenvalue weighted by Crippen LogP contribution is -2.41. The molecule has 0 aliphatic heterocycles. The van der Waals surface area contributed by atoms with Crippen molar-refractivity contribution >= 4 is 34.1 Å². The van der Waals surface area contributed by atoms with Gasteiger partial charge >= 0.3 is 0 Å². The van der Waals surface area contributed by atoms with Crippen LogP contribution in [0.5, 0.6) is 0 Å². The number of aromatic nitrogens is 1. The van der Waals surface area contributed by atoms with E-state index in [-0.39, 0.29) is 16.9 Å². The highest BCUT2D eigenvalue weighted by Gasteiger charge is 2.17. The summed E-state index contributed by atoms with van der Waals surface area (Å²) in [5, 5.41) is 11.6. The summed E-state index contributed by atoms with van der Waals surface area (Å²) in [6, 6.07) is 11.0. The SMILES string of the molecule is Cn1cc(C(=O)NNC(=O)c2ccc(N)c([N+](=O)[O-])c2)c2ccccc21. The number of carbonyl (C=O) groups is 2. The first kappa shape index (κ1) is 17.0. The molecule has 2 amide bonds. The fraction of sp³-hybridized carbons (Fsp3) is 0.0588. The minimum Gasteiger partial charge on any atom is -0.393 e. The molecule has 26 heavy (non-hydrogen) atoms. The van der Waals surface area contributed by atoms with Crippen LogP contribution in [0.2, 0.25) is 0 Å². The van der Waals surface area contributed by atoms with E-state index in [1.807, 2.05) is 25.2 Å². The molecule has 0 atom stereocenters. The van der Waals surface area contributed by atoms with E-state index in [0.717, 1.165) is 17.0 Å². The number of benzene rings is 2. The van der Waals surface area contributed by atoms with Gasteiger partial charge in [-0.2, -0.15) is 0 Å². The average Bonchev–Trinajstić information content (AvgIpc) is 2.97. The predicted octanol–water partition coefficient (Wildman–Crippen LogP) is 1.74. The van der Waals surface area contributed by atoms with Crippen LogP contribution >= 0.6 is 0 Å². The number of amides is 2. The molecule has 0 saturated heterocycles. The highest BCUT2D eigenvalue weighted by molar-refractivity contribution is 6.08. The zero-order valence-corrected chi connectivity index (χ0v) is 13.7. The van der Waals surface area contributed by atoms with Crippen LogP contribution in [0.1, 0.15) is 20.7 Å². The summed E-state index contributed by atoms with van der Waals surface area (Å²) < 4.78 is 1.80. The topological polar surface area (TPSA) is 132 Å². The molecular formula is C17H15N5O4. The third-order valence-electron chi connectivity index (χ3n) is 3.92. The van der Waals surface area contributed by atoms with E-state index in [2.05, 4.69) is 10.9 Å². The molecule has 0 radical (unpaired) electrons. The lowest BCUT2D eigenvalue weighted by atomic mass is 10.1. The number of para-hydroxylation sites is 1. The summed E-state index contributed by atoms with van der Waals surface area (Å²) >= 11 is 0. The molecule has 0 aliphatic carbocycles. The van der Waals surface area contributed by atoms with Gasteiger partial charge in [-0.25, -0.2) is 0 Å². The Bertz CT molecular complexity index is 1040. The van der Waals surface area contributed by atoms with Crippen LogP contribution in [0.4, 0.5) is 11.4 Å². The normalized spacial score (nSPS) is 10.5. The summed E-state index contributed by atoms with van der Waals surface area (Å²) in [6.45, 7) is 0. The number of fused-ring (bicyclic) bond motifs is 1. The standard InChI is InChI=1S/C17H15N5O4/c1-21-9-12(11-4-2-3-5-14(11)21)17(24)20-19-16(23)10-6-7-13(18)15(8-10)22(25)26/h2-9H,18H2,1H3,(H,19,23)(H,20,24). The van der Waals surface area contributed by atoms with Crippen LogP contribution < -0.4 is 16.6 Å². The molecular weight excluding hydrogens is 338 g/mol. The first-order chi connectivity index (χ1) is 12.4. The van der Waals surface area contributed by atoms with Crippen molar-refractivity contribution in [1.29, 1.82) is 0 Å².